The Labute approximate surface area is 190 Å². The predicted molar refractivity (Wildman–Crippen MR) is 128 cm³/mol. The van der Waals surface area contributed by atoms with Crippen molar-refractivity contribution in [2.75, 3.05) is 30.1 Å². The van der Waals surface area contributed by atoms with E-state index in [1.54, 1.807) is 6.20 Å². The number of hydrogen-bond acceptors (Lipinski definition) is 7. The molecule has 0 atom stereocenters. The van der Waals surface area contributed by atoms with Crippen LogP contribution in [0.25, 0.3) is 22.8 Å². The van der Waals surface area contributed by atoms with Crippen LogP contribution in [0.5, 0.6) is 0 Å². The van der Waals surface area contributed by atoms with Crippen LogP contribution in [0.4, 0.5) is 11.4 Å². The van der Waals surface area contributed by atoms with Crippen LogP contribution in [-0.4, -0.2) is 40.9 Å². The summed E-state index contributed by atoms with van der Waals surface area (Å²) in [6.07, 6.45) is 1.67. The average Bonchev–Trinajstić information content (AvgIpc) is 3.29. The molecule has 0 aliphatic rings. The van der Waals surface area contributed by atoms with Gasteiger partial charge in [-0.2, -0.15) is 4.98 Å². The van der Waals surface area contributed by atoms with Crippen molar-refractivity contribution in [3.05, 3.63) is 72.4 Å². The topological polar surface area (TPSA) is 84.1 Å². The van der Waals surface area contributed by atoms with Gasteiger partial charge in [0.05, 0.1) is 10.8 Å². The Kier molecular flexibility index (Phi) is 6.51. The number of benzene rings is 2. The third-order valence-corrected chi connectivity index (χ3v) is 5.66. The van der Waals surface area contributed by atoms with Crippen LogP contribution in [0, 0.1) is 6.92 Å². The number of carbonyl (C=O) groups is 1. The number of rotatable bonds is 7. The molecule has 2 aromatic heterocycles. The number of thioether (sulfide) groups is 1. The molecule has 32 heavy (non-hydrogen) atoms. The Balaban J connectivity index is 1.38. The van der Waals surface area contributed by atoms with Crippen LogP contribution >= 0.6 is 11.8 Å². The van der Waals surface area contributed by atoms with Crippen LogP contribution < -0.4 is 10.2 Å². The van der Waals surface area contributed by atoms with Crippen LogP contribution in [-0.2, 0) is 4.79 Å². The van der Waals surface area contributed by atoms with E-state index in [1.165, 1.54) is 17.3 Å². The minimum Gasteiger partial charge on any atom is -0.378 e. The Morgan fingerprint density at radius 2 is 1.78 bits per heavy atom. The van der Waals surface area contributed by atoms with Crippen LogP contribution in [0.2, 0.25) is 0 Å². The van der Waals surface area contributed by atoms with Crippen LogP contribution in [0.15, 0.2) is 76.4 Å². The smallest absolute Gasteiger partial charge is 0.258 e. The summed E-state index contributed by atoms with van der Waals surface area (Å²) in [4.78, 5) is 23.2. The number of anilines is 2. The first-order valence-electron chi connectivity index (χ1n) is 10.0. The first-order valence-corrected chi connectivity index (χ1v) is 11.0. The fourth-order valence-corrected chi connectivity index (χ4v) is 3.66. The van der Waals surface area contributed by atoms with Gasteiger partial charge in [-0.25, -0.2) is 4.98 Å². The number of hydrogen-bond donors (Lipinski definition) is 1. The molecule has 0 fully saturated rings. The quantitative estimate of drug-likeness (QED) is 0.405. The second kappa shape index (κ2) is 9.65. The molecule has 0 unspecified atom stereocenters. The first kappa shape index (κ1) is 21.6. The summed E-state index contributed by atoms with van der Waals surface area (Å²) in [5, 5.41) is 7.69. The van der Waals surface area contributed by atoms with E-state index >= 15 is 0 Å². The maximum Gasteiger partial charge on any atom is 0.258 e. The molecule has 1 N–H and O–H groups in total. The van der Waals surface area contributed by atoms with Gasteiger partial charge in [-0.15, -0.1) is 0 Å². The SMILES string of the molecule is Cc1ccc(-c2noc(-c3ccnc(SCC(=O)Nc4ccc(N(C)C)cc4)c3)n2)cc1. The van der Waals surface area contributed by atoms with Crippen LogP contribution in [0.1, 0.15) is 5.56 Å². The molecular formula is C24H23N5O2S. The fraction of sp³-hybridized carbons (Fsp3) is 0.167. The zero-order valence-corrected chi connectivity index (χ0v) is 18.9. The van der Waals surface area contributed by atoms with E-state index in [-0.39, 0.29) is 11.7 Å². The third-order valence-electron chi connectivity index (χ3n) is 4.74. The second-order valence-corrected chi connectivity index (χ2v) is 8.45. The molecule has 0 saturated carbocycles. The van der Waals surface area contributed by atoms with Crippen molar-refractivity contribution >= 4 is 29.0 Å². The summed E-state index contributed by atoms with van der Waals surface area (Å²) < 4.78 is 5.44. The maximum atomic E-state index is 12.3. The summed E-state index contributed by atoms with van der Waals surface area (Å²) in [7, 11) is 3.95. The van der Waals surface area contributed by atoms with E-state index < -0.39 is 0 Å². The van der Waals surface area contributed by atoms with Crippen molar-refractivity contribution in [1.29, 1.82) is 0 Å². The van der Waals surface area contributed by atoms with E-state index in [0.29, 0.717) is 16.7 Å². The van der Waals surface area contributed by atoms with Crippen molar-refractivity contribution < 1.29 is 9.32 Å². The lowest BCUT2D eigenvalue weighted by molar-refractivity contribution is -0.113. The molecule has 4 rings (SSSR count). The van der Waals surface area contributed by atoms with E-state index in [1.807, 2.05) is 86.6 Å². The maximum absolute atomic E-state index is 12.3. The zero-order chi connectivity index (χ0) is 22.5. The lowest BCUT2D eigenvalue weighted by atomic mass is 10.1. The van der Waals surface area contributed by atoms with Crippen molar-refractivity contribution in [2.45, 2.75) is 11.9 Å². The molecular weight excluding hydrogens is 422 g/mol. The average molecular weight is 446 g/mol. The monoisotopic (exact) mass is 445 g/mol. The van der Waals surface area contributed by atoms with Gasteiger partial charge in [-0.1, -0.05) is 46.7 Å². The molecule has 0 aliphatic carbocycles. The molecule has 0 bridgehead atoms. The van der Waals surface area contributed by atoms with Gasteiger partial charge in [0.15, 0.2) is 0 Å². The Morgan fingerprint density at radius 3 is 2.50 bits per heavy atom. The van der Waals surface area contributed by atoms with Gasteiger partial charge >= 0.3 is 0 Å². The zero-order valence-electron chi connectivity index (χ0n) is 18.1. The molecule has 0 radical (unpaired) electrons. The Morgan fingerprint density at radius 1 is 1.03 bits per heavy atom. The largest absolute Gasteiger partial charge is 0.378 e. The minimum atomic E-state index is -0.0979. The number of carbonyl (C=O) groups excluding carboxylic acids is 1. The standard InChI is InChI=1S/C24H23N5O2S/c1-16-4-6-17(7-5-16)23-27-24(31-28-23)18-12-13-25-22(14-18)32-15-21(30)26-19-8-10-20(11-9-19)29(2)3/h4-14H,15H2,1-3H3,(H,26,30). The molecule has 2 aromatic carbocycles. The number of pyridine rings is 1. The first-order chi connectivity index (χ1) is 15.5. The van der Waals surface area contributed by atoms with Gasteiger partial charge in [0.1, 0.15) is 0 Å². The number of amides is 1. The van der Waals surface area contributed by atoms with Crippen LogP contribution in [0.3, 0.4) is 0 Å². The third kappa shape index (κ3) is 5.33. The van der Waals surface area contributed by atoms with Gasteiger partial charge in [0.25, 0.3) is 5.89 Å². The highest BCUT2D eigenvalue weighted by atomic mass is 32.2. The minimum absolute atomic E-state index is 0.0979. The molecule has 7 nitrogen and oxygen atoms in total. The summed E-state index contributed by atoms with van der Waals surface area (Å²) in [5.41, 5.74) is 4.66. The lowest BCUT2D eigenvalue weighted by Gasteiger charge is -2.13. The summed E-state index contributed by atoms with van der Waals surface area (Å²) in [6, 6.07) is 19.3. The number of nitrogens with zero attached hydrogens (tertiary/aromatic N) is 4. The van der Waals surface area contributed by atoms with Crippen molar-refractivity contribution in [3.63, 3.8) is 0 Å². The van der Waals surface area contributed by atoms with Gasteiger partial charge < -0.3 is 14.7 Å². The van der Waals surface area contributed by atoms with Crippen molar-refractivity contribution in [2.24, 2.45) is 0 Å². The summed E-state index contributed by atoms with van der Waals surface area (Å²) >= 11 is 1.35. The molecule has 8 heteroatoms. The van der Waals surface area contributed by atoms with E-state index in [9.17, 15) is 4.79 Å². The highest BCUT2D eigenvalue weighted by molar-refractivity contribution is 7.99. The molecule has 2 heterocycles. The number of aromatic nitrogens is 3. The molecule has 0 saturated heterocycles. The highest BCUT2D eigenvalue weighted by Crippen LogP contribution is 2.25. The molecule has 4 aromatic rings. The lowest BCUT2D eigenvalue weighted by Crippen LogP contribution is -2.14. The molecule has 1 amide bonds. The van der Waals surface area contributed by atoms with Crippen molar-refractivity contribution in [3.8, 4) is 22.8 Å². The second-order valence-electron chi connectivity index (χ2n) is 7.45. The van der Waals surface area contributed by atoms with Gasteiger partial charge in [-0.05, 0) is 43.3 Å². The van der Waals surface area contributed by atoms with E-state index in [2.05, 4.69) is 20.4 Å². The van der Waals surface area contributed by atoms with Gasteiger partial charge in [0, 0.05) is 42.8 Å². The Bertz CT molecular complexity index is 1200. The van der Waals surface area contributed by atoms with Gasteiger partial charge in [-0.3, -0.25) is 4.79 Å². The normalized spacial score (nSPS) is 10.7. The Hall–Kier alpha value is -3.65. The van der Waals surface area contributed by atoms with Gasteiger partial charge in [0.2, 0.25) is 11.7 Å². The summed E-state index contributed by atoms with van der Waals surface area (Å²) in [5.74, 6) is 1.09. The van der Waals surface area contributed by atoms with E-state index in [0.717, 1.165) is 22.5 Å². The van der Waals surface area contributed by atoms with Crippen molar-refractivity contribution in [1.82, 2.24) is 15.1 Å². The highest BCUT2D eigenvalue weighted by Gasteiger charge is 2.12. The molecule has 0 aliphatic heterocycles. The van der Waals surface area contributed by atoms with E-state index in [4.69, 9.17) is 4.52 Å². The summed E-state index contributed by atoms with van der Waals surface area (Å²) in [6.45, 7) is 2.03. The fourth-order valence-electron chi connectivity index (χ4n) is 2.96. The number of nitrogens with one attached hydrogen (secondary N) is 1. The molecule has 162 valence electrons. The number of aryl methyl sites for hydroxylation is 1. The molecule has 0 spiro atoms. The predicted octanol–water partition coefficient (Wildman–Crippen LogP) is 4.90.